The molecule has 1 rings (SSSR count). The lowest BCUT2D eigenvalue weighted by molar-refractivity contribution is -0.384. The summed E-state index contributed by atoms with van der Waals surface area (Å²) in [6, 6.07) is 2.97. The predicted octanol–water partition coefficient (Wildman–Crippen LogP) is 1.99. The number of nitrogens with zero attached hydrogens (tertiary/aromatic N) is 2. The summed E-state index contributed by atoms with van der Waals surface area (Å²) in [4.78, 5) is 14.6. The van der Waals surface area contributed by atoms with Crippen LogP contribution in [0, 0.1) is 10.1 Å². The molecule has 0 saturated heterocycles. The van der Waals surface area contributed by atoms with Crippen molar-refractivity contribution in [2.75, 3.05) is 23.7 Å². The van der Waals surface area contributed by atoms with Gasteiger partial charge in [-0.1, -0.05) is 6.92 Å². The van der Waals surface area contributed by atoms with Gasteiger partial charge in [0.15, 0.2) is 0 Å². The molecule has 0 aromatic carbocycles. The third-order valence-electron chi connectivity index (χ3n) is 2.32. The van der Waals surface area contributed by atoms with E-state index in [0.29, 0.717) is 5.82 Å². The number of nitrogens with one attached hydrogen (secondary N) is 2. The van der Waals surface area contributed by atoms with Gasteiger partial charge in [0, 0.05) is 19.2 Å². The average molecular weight is 268 g/mol. The Labute approximate surface area is 112 Å². The van der Waals surface area contributed by atoms with Gasteiger partial charge in [-0.25, -0.2) is 4.98 Å². The van der Waals surface area contributed by atoms with Crippen LogP contribution in [0.4, 0.5) is 17.3 Å². The van der Waals surface area contributed by atoms with Crippen molar-refractivity contribution in [3.05, 3.63) is 22.2 Å². The van der Waals surface area contributed by atoms with Gasteiger partial charge in [0.2, 0.25) is 5.82 Å². The molecule has 0 amide bonds. The van der Waals surface area contributed by atoms with Crippen molar-refractivity contribution >= 4 is 17.3 Å². The molecule has 0 bridgehead atoms. The summed E-state index contributed by atoms with van der Waals surface area (Å²) in [5.74, 6) is 0.735. The van der Waals surface area contributed by atoms with Crippen LogP contribution >= 0.6 is 0 Å². The molecule has 1 heterocycles. The summed E-state index contributed by atoms with van der Waals surface area (Å²) in [6.45, 7) is 6.18. The van der Waals surface area contributed by atoms with Crippen molar-refractivity contribution < 1.29 is 10.0 Å². The van der Waals surface area contributed by atoms with Crippen molar-refractivity contribution in [1.29, 1.82) is 0 Å². The molecule has 0 aliphatic heterocycles. The quantitative estimate of drug-likeness (QED) is 0.516. The molecule has 19 heavy (non-hydrogen) atoms. The molecule has 1 aromatic rings. The van der Waals surface area contributed by atoms with Crippen LogP contribution in [0.25, 0.3) is 0 Å². The van der Waals surface area contributed by atoms with Gasteiger partial charge >= 0.3 is 5.69 Å². The van der Waals surface area contributed by atoms with Gasteiger partial charge in [0.1, 0.15) is 5.82 Å². The normalized spacial score (nSPS) is 11.2. The summed E-state index contributed by atoms with van der Waals surface area (Å²) >= 11 is 0. The zero-order valence-corrected chi connectivity index (χ0v) is 11.4. The maximum absolute atomic E-state index is 10.9. The van der Waals surface area contributed by atoms with Crippen LogP contribution in [0.5, 0.6) is 0 Å². The lowest BCUT2D eigenvalue weighted by atomic mass is 10.1. The first-order valence-corrected chi connectivity index (χ1v) is 6.19. The van der Waals surface area contributed by atoms with Crippen molar-refractivity contribution in [2.24, 2.45) is 0 Å². The maximum atomic E-state index is 10.9. The molecule has 1 aromatic heterocycles. The Hall–Kier alpha value is -1.89. The highest BCUT2D eigenvalue weighted by Gasteiger charge is 2.19. The molecule has 0 unspecified atom stereocenters. The second-order valence-electron chi connectivity index (χ2n) is 4.91. The molecule has 0 radical (unpaired) electrons. The highest BCUT2D eigenvalue weighted by atomic mass is 16.6. The maximum Gasteiger partial charge on any atom is 0.311 e. The lowest BCUT2D eigenvalue weighted by Gasteiger charge is -2.18. The summed E-state index contributed by atoms with van der Waals surface area (Å²) < 4.78 is 0. The molecule has 0 atom stereocenters. The summed E-state index contributed by atoms with van der Waals surface area (Å²) in [7, 11) is 0. The van der Waals surface area contributed by atoms with E-state index < -0.39 is 10.5 Å². The van der Waals surface area contributed by atoms with Crippen molar-refractivity contribution in [1.82, 2.24) is 4.98 Å². The van der Waals surface area contributed by atoms with E-state index >= 15 is 0 Å². The van der Waals surface area contributed by atoms with E-state index in [2.05, 4.69) is 15.6 Å². The SMILES string of the molecule is CCCNc1ccc([N+](=O)[O-])c(NCC(C)(C)O)n1. The first-order valence-electron chi connectivity index (χ1n) is 6.19. The van der Waals surface area contributed by atoms with Gasteiger partial charge in [-0.05, 0) is 26.3 Å². The standard InChI is InChI=1S/C12H20N4O3/c1-4-7-13-10-6-5-9(16(18)19)11(15-10)14-8-12(2,3)17/h5-6,17H,4,7-8H2,1-3H3,(H2,13,14,15). The average Bonchev–Trinajstić information content (AvgIpc) is 2.32. The van der Waals surface area contributed by atoms with Crippen molar-refractivity contribution in [2.45, 2.75) is 32.8 Å². The van der Waals surface area contributed by atoms with Gasteiger partial charge in [-0.2, -0.15) is 0 Å². The first-order chi connectivity index (χ1) is 8.83. The third-order valence-corrected chi connectivity index (χ3v) is 2.32. The lowest BCUT2D eigenvalue weighted by Crippen LogP contribution is -2.29. The third kappa shape index (κ3) is 5.09. The Morgan fingerprint density at radius 1 is 1.42 bits per heavy atom. The molecule has 106 valence electrons. The monoisotopic (exact) mass is 268 g/mol. The molecule has 0 fully saturated rings. The fraction of sp³-hybridized carbons (Fsp3) is 0.583. The Balaban J connectivity index is 2.92. The number of hydrogen-bond donors (Lipinski definition) is 3. The number of nitro groups is 1. The van der Waals surface area contributed by atoms with Crippen molar-refractivity contribution in [3.8, 4) is 0 Å². The van der Waals surface area contributed by atoms with E-state index in [0.717, 1.165) is 13.0 Å². The molecular formula is C12H20N4O3. The number of anilines is 2. The summed E-state index contributed by atoms with van der Waals surface area (Å²) in [6.07, 6.45) is 0.936. The van der Waals surface area contributed by atoms with E-state index in [4.69, 9.17) is 0 Å². The minimum atomic E-state index is -0.970. The van der Waals surface area contributed by atoms with Crippen LogP contribution in [-0.2, 0) is 0 Å². The molecular weight excluding hydrogens is 248 g/mol. The molecule has 3 N–H and O–H groups in total. The Bertz CT molecular complexity index is 443. The zero-order valence-electron chi connectivity index (χ0n) is 11.4. The molecule has 0 aliphatic rings. The number of pyridine rings is 1. The van der Waals surface area contributed by atoms with Gasteiger partial charge < -0.3 is 15.7 Å². The topological polar surface area (TPSA) is 100 Å². The van der Waals surface area contributed by atoms with Gasteiger partial charge in [0.25, 0.3) is 0 Å². The van der Waals surface area contributed by atoms with Crippen LogP contribution in [0.3, 0.4) is 0 Å². The molecule has 0 saturated carbocycles. The Morgan fingerprint density at radius 3 is 2.63 bits per heavy atom. The number of aromatic nitrogens is 1. The molecule has 0 aliphatic carbocycles. The summed E-state index contributed by atoms with van der Waals surface area (Å²) in [5, 5.41) is 26.4. The van der Waals surface area contributed by atoms with Crippen LogP contribution < -0.4 is 10.6 Å². The van der Waals surface area contributed by atoms with Crippen molar-refractivity contribution in [3.63, 3.8) is 0 Å². The largest absolute Gasteiger partial charge is 0.389 e. The van der Waals surface area contributed by atoms with Gasteiger partial charge in [-0.15, -0.1) is 0 Å². The fourth-order valence-corrected chi connectivity index (χ4v) is 1.38. The Kier molecular flexibility index (Phi) is 5.05. The first kappa shape index (κ1) is 15.2. The van der Waals surface area contributed by atoms with Gasteiger partial charge in [0.05, 0.1) is 10.5 Å². The van der Waals surface area contributed by atoms with E-state index in [-0.39, 0.29) is 18.1 Å². The van der Waals surface area contributed by atoms with Crippen LogP contribution in [0.1, 0.15) is 27.2 Å². The van der Waals surface area contributed by atoms with Crippen LogP contribution in [0.15, 0.2) is 12.1 Å². The molecule has 7 heteroatoms. The van der Waals surface area contributed by atoms with E-state index in [1.54, 1.807) is 19.9 Å². The molecule has 0 spiro atoms. The second kappa shape index (κ2) is 6.33. The minimum Gasteiger partial charge on any atom is -0.389 e. The highest BCUT2D eigenvalue weighted by Crippen LogP contribution is 2.24. The minimum absolute atomic E-state index is 0.105. The van der Waals surface area contributed by atoms with E-state index in [1.165, 1.54) is 6.07 Å². The molecule has 7 nitrogen and oxygen atoms in total. The Morgan fingerprint density at radius 2 is 2.11 bits per heavy atom. The number of aliphatic hydroxyl groups is 1. The number of rotatable bonds is 7. The second-order valence-corrected chi connectivity index (χ2v) is 4.91. The van der Waals surface area contributed by atoms with Crippen LogP contribution in [0.2, 0.25) is 0 Å². The predicted molar refractivity (Wildman–Crippen MR) is 74.5 cm³/mol. The van der Waals surface area contributed by atoms with Gasteiger partial charge in [-0.3, -0.25) is 10.1 Å². The van der Waals surface area contributed by atoms with E-state index in [1.807, 2.05) is 6.92 Å². The van der Waals surface area contributed by atoms with Crippen LogP contribution in [-0.4, -0.2) is 33.7 Å². The zero-order chi connectivity index (χ0) is 14.5. The fourth-order valence-electron chi connectivity index (χ4n) is 1.38. The number of hydrogen-bond acceptors (Lipinski definition) is 6. The highest BCUT2D eigenvalue weighted by molar-refractivity contribution is 5.60. The smallest absolute Gasteiger partial charge is 0.311 e. The van der Waals surface area contributed by atoms with E-state index in [9.17, 15) is 15.2 Å². The summed E-state index contributed by atoms with van der Waals surface area (Å²) in [5.41, 5.74) is -1.08.